The number of aliphatic carboxylic acids is 1. The van der Waals surface area contributed by atoms with Crippen LogP contribution in [0, 0.1) is 12.8 Å². The SMILES string of the molecule is Cc1c(C(=O)N[C@H](C(=O)O)c2ccccc2)cnn1CC(C)C. The zero-order valence-electron chi connectivity index (χ0n) is 13.5. The van der Waals surface area contributed by atoms with Crippen molar-refractivity contribution in [2.45, 2.75) is 33.4 Å². The Balaban J connectivity index is 2.20. The molecule has 23 heavy (non-hydrogen) atoms. The van der Waals surface area contributed by atoms with Gasteiger partial charge in [-0.3, -0.25) is 9.48 Å². The summed E-state index contributed by atoms with van der Waals surface area (Å²) in [5, 5.41) is 16.2. The van der Waals surface area contributed by atoms with Crippen molar-refractivity contribution in [3.63, 3.8) is 0 Å². The first-order chi connectivity index (χ1) is 10.9. The van der Waals surface area contributed by atoms with E-state index >= 15 is 0 Å². The van der Waals surface area contributed by atoms with Crippen molar-refractivity contribution in [3.8, 4) is 0 Å². The molecule has 0 aliphatic carbocycles. The summed E-state index contributed by atoms with van der Waals surface area (Å²) in [5.74, 6) is -1.13. The molecule has 2 N–H and O–H groups in total. The van der Waals surface area contributed by atoms with Gasteiger partial charge in [-0.05, 0) is 18.4 Å². The number of hydrogen-bond donors (Lipinski definition) is 2. The summed E-state index contributed by atoms with van der Waals surface area (Å²) in [6.45, 7) is 6.65. The minimum absolute atomic E-state index is 0.396. The Morgan fingerprint density at radius 3 is 2.48 bits per heavy atom. The lowest BCUT2D eigenvalue weighted by Gasteiger charge is -2.15. The summed E-state index contributed by atoms with van der Waals surface area (Å²) in [6.07, 6.45) is 1.48. The highest BCUT2D eigenvalue weighted by Gasteiger charge is 2.24. The molecule has 1 atom stereocenters. The average Bonchev–Trinajstić information content (AvgIpc) is 2.85. The van der Waals surface area contributed by atoms with Crippen LogP contribution in [0.1, 0.15) is 41.5 Å². The molecule has 0 saturated heterocycles. The fraction of sp³-hybridized carbons (Fsp3) is 0.353. The fourth-order valence-electron chi connectivity index (χ4n) is 2.34. The van der Waals surface area contributed by atoms with Gasteiger partial charge in [-0.2, -0.15) is 5.10 Å². The molecule has 6 heteroatoms. The lowest BCUT2D eigenvalue weighted by molar-refractivity contribution is -0.139. The lowest BCUT2D eigenvalue weighted by Crippen LogP contribution is -2.34. The van der Waals surface area contributed by atoms with Crippen molar-refractivity contribution in [2.75, 3.05) is 0 Å². The normalized spacial score (nSPS) is 12.2. The fourth-order valence-corrected chi connectivity index (χ4v) is 2.34. The Kier molecular flexibility index (Phi) is 5.16. The van der Waals surface area contributed by atoms with Crippen LogP contribution in [0.4, 0.5) is 0 Å². The van der Waals surface area contributed by atoms with Crippen LogP contribution in [-0.2, 0) is 11.3 Å². The maximum Gasteiger partial charge on any atom is 0.330 e. The van der Waals surface area contributed by atoms with Gasteiger partial charge in [-0.25, -0.2) is 4.79 Å². The van der Waals surface area contributed by atoms with Crippen LogP contribution < -0.4 is 5.32 Å². The molecule has 0 bridgehead atoms. The highest BCUT2D eigenvalue weighted by atomic mass is 16.4. The number of carboxylic acid groups (broad SMARTS) is 1. The van der Waals surface area contributed by atoms with Gasteiger partial charge >= 0.3 is 5.97 Å². The molecule has 1 aromatic carbocycles. The number of nitrogens with one attached hydrogen (secondary N) is 1. The molecular weight excluding hydrogens is 294 g/mol. The van der Waals surface area contributed by atoms with Crippen LogP contribution in [-0.4, -0.2) is 26.8 Å². The zero-order valence-corrected chi connectivity index (χ0v) is 13.5. The van der Waals surface area contributed by atoms with Crippen molar-refractivity contribution in [1.82, 2.24) is 15.1 Å². The van der Waals surface area contributed by atoms with Crippen molar-refractivity contribution >= 4 is 11.9 Å². The quantitative estimate of drug-likeness (QED) is 0.857. The topological polar surface area (TPSA) is 84.2 Å². The number of aromatic nitrogens is 2. The van der Waals surface area contributed by atoms with Gasteiger partial charge in [-0.1, -0.05) is 44.2 Å². The number of hydrogen-bond acceptors (Lipinski definition) is 3. The molecule has 2 aromatic rings. The van der Waals surface area contributed by atoms with Gasteiger partial charge in [0.2, 0.25) is 0 Å². The summed E-state index contributed by atoms with van der Waals surface area (Å²) in [5.41, 5.74) is 1.65. The van der Waals surface area contributed by atoms with Crippen molar-refractivity contribution in [1.29, 1.82) is 0 Å². The first-order valence-corrected chi connectivity index (χ1v) is 7.51. The number of amides is 1. The molecule has 1 amide bonds. The van der Waals surface area contributed by atoms with Gasteiger partial charge < -0.3 is 10.4 Å². The Morgan fingerprint density at radius 1 is 1.26 bits per heavy atom. The predicted octanol–water partition coefficient (Wildman–Crippen LogP) is 2.40. The maximum atomic E-state index is 12.4. The van der Waals surface area contributed by atoms with Gasteiger partial charge in [0.1, 0.15) is 0 Å². The second-order valence-corrected chi connectivity index (χ2v) is 5.88. The predicted molar refractivity (Wildman–Crippen MR) is 86.1 cm³/mol. The lowest BCUT2D eigenvalue weighted by atomic mass is 10.1. The smallest absolute Gasteiger partial charge is 0.330 e. The van der Waals surface area contributed by atoms with Gasteiger partial charge in [0.05, 0.1) is 11.8 Å². The molecule has 0 fully saturated rings. The Morgan fingerprint density at radius 2 is 1.91 bits per heavy atom. The van der Waals surface area contributed by atoms with Gasteiger partial charge in [0.25, 0.3) is 5.91 Å². The van der Waals surface area contributed by atoms with E-state index in [1.807, 2.05) is 6.92 Å². The van der Waals surface area contributed by atoms with E-state index in [1.54, 1.807) is 35.0 Å². The molecule has 0 aliphatic heterocycles. The Hall–Kier alpha value is -2.63. The van der Waals surface area contributed by atoms with Crippen molar-refractivity contribution < 1.29 is 14.7 Å². The van der Waals surface area contributed by atoms with E-state index in [-0.39, 0.29) is 0 Å². The van der Waals surface area contributed by atoms with E-state index in [9.17, 15) is 14.7 Å². The van der Waals surface area contributed by atoms with Crippen LogP contribution in [0.25, 0.3) is 0 Å². The third-order valence-corrected chi connectivity index (χ3v) is 3.54. The highest BCUT2D eigenvalue weighted by Crippen LogP contribution is 2.15. The van der Waals surface area contributed by atoms with E-state index in [4.69, 9.17) is 0 Å². The zero-order chi connectivity index (χ0) is 17.0. The molecule has 0 spiro atoms. The number of nitrogens with zero attached hydrogens (tertiary/aromatic N) is 2. The van der Waals surface area contributed by atoms with Crippen LogP contribution in [0.15, 0.2) is 36.5 Å². The monoisotopic (exact) mass is 315 g/mol. The summed E-state index contributed by atoms with van der Waals surface area (Å²) in [7, 11) is 0. The van der Waals surface area contributed by atoms with Crippen LogP contribution in [0.2, 0.25) is 0 Å². The summed E-state index contributed by atoms with van der Waals surface area (Å²) in [4.78, 5) is 23.9. The Labute approximate surface area is 135 Å². The van der Waals surface area contributed by atoms with E-state index in [1.165, 1.54) is 6.20 Å². The van der Waals surface area contributed by atoms with E-state index < -0.39 is 17.9 Å². The molecule has 2 rings (SSSR count). The summed E-state index contributed by atoms with van der Waals surface area (Å²) in [6, 6.07) is 7.54. The first-order valence-electron chi connectivity index (χ1n) is 7.51. The number of carbonyl (C=O) groups excluding carboxylic acids is 1. The number of benzene rings is 1. The second kappa shape index (κ2) is 7.09. The molecule has 122 valence electrons. The summed E-state index contributed by atoms with van der Waals surface area (Å²) >= 11 is 0. The van der Waals surface area contributed by atoms with Crippen LogP contribution >= 0.6 is 0 Å². The maximum absolute atomic E-state index is 12.4. The molecule has 0 radical (unpaired) electrons. The third kappa shape index (κ3) is 3.97. The number of carboxylic acids is 1. The van der Waals surface area contributed by atoms with Crippen molar-refractivity contribution in [2.24, 2.45) is 5.92 Å². The van der Waals surface area contributed by atoms with Gasteiger partial charge in [0.15, 0.2) is 6.04 Å². The number of rotatable bonds is 6. The number of carbonyl (C=O) groups is 2. The van der Waals surface area contributed by atoms with E-state index in [2.05, 4.69) is 24.3 Å². The van der Waals surface area contributed by atoms with Gasteiger partial charge in [0, 0.05) is 12.2 Å². The third-order valence-electron chi connectivity index (χ3n) is 3.54. The average molecular weight is 315 g/mol. The van der Waals surface area contributed by atoms with E-state index in [0.29, 0.717) is 23.6 Å². The minimum Gasteiger partial charge on any atom is -0.479 e. The molecular formula is C17H21N3O3. The molecule has 6 nitrogen and oxygen atoms in total. The van der Waals surface area contributed by atoms with Crippen LogP contribution in [0.5, 0.6) is 0 Å². The highest BCUT2D eigenvalue weighted by molar-refractivity contribution is 5.97. The molecule has 0 aliphatic rings. The second-order valence-electron chi connectivity index (χ2n) is 5.88. The molecule has 0 saturated carbocycles. The Bertz CT molecular complexity index is 692. The van der Waals surface area contributed by atoms with E-state index in [0.717, 1.165) is 5.69 Å². The summed E-state index contributed by atoms with van der Waals surface area (Å²) < 4.78 is 1.76. The standard InChI is InChI=1S/C17H21N3O3/c1-11(2)10-20-12(3)14(9-18-20)16(21)19-15(17(22)23)13-7-5-4-6-8-13/h4-9,11,15H,10H2,1-3H3,(H,19,21)(H,22,23)/t15-/m0/s1. The van der Waals surface area contributed by atoms with Crippen LogP contribution in [0.3, 0.4) is 0 Å². The minimum atomic E-state index is -1.10. The first kappa shape index (κ1) is 16.7. The molecule has 1 heterocycles. The largest absolute Gasteiger partial charge is 0.479 e. The molecule has 0 unspecified atom stereocenters. The van der Waals surface area contributed by atoms with Gasteiger partial charge in [-0.15, -0.1) is 0 Å². The van der Waals surface area contributed by atoms with Crippen molar-refractivity contribution in [3.05, 3.63) is 53.3 Å². The molecule has 1 aromatic heterocycles.